The van der Waals surface area contributed by atoms with E-state index in [1.165, 1.54) is 6.07 Å². The van der Waals surface area contributed by atoms with Crippen LogP contribution in [0.25, 0.3) is 10.2 Å². The summed E-state index contributed by atoms with van der Waals surface area (Å²) >= 11 is 1.11. The number of halogens is 2. The van der Waals surface area contributed by atoms with Crippen LogP contribution < -0.4 is 9.64 Å². The molecule has 172 valence electrons. The van der Waals surface area contributed by atoms with E-state index in [-0.39, 0.29) is 35.8 Å². The molecular formula is C24H23F2N3O3S. The van der Waals surface area contributed by atoms with Crippen molar-refractivity contribution in [2.45, 2.75) is 32.3 Å². The fourth-order valence-electron chi connectivity index (χ4n) is 4.43. The Hall–Kier alpha value is -3.07. The summed E-state index contributed by atoms with van der Waals surface area (Å²) in [5.74, 6) is -1.74. The van der Waals surface area contributed by atoms with Crippen molar-refractivity contribution in [3.8, 4) is 5.19 Å². The molecule has 3 aromatic rings. The Kier molecular flexibility index (Phi) is 5.74. The fraction of sp³-hybridized carbons (Fsp3) is 0.375. The summed E-state index contributed by atoms with van der Waals surface area (Å²) in [6.07, 6.45) is 1.29. The first kappa shape index (κ1) is 21.8. The molecule has 1 atom stereocenters. The van der Waals surface area contributed by atoms with Gasteiger partial charge in [-0.1, -0.05) is 29.0 Å². The zero-order valence-electron chi connectivity index (χ0n) is 18.1. The van der Waals surface area contributed by atoms with E-state index >= 15 is 0 Å². The van der Waals surface area contributed by atoms with E-state index in [0.29, 0.717) is 42.4 Å². The number of aryl methyl sites for hydroxylation is 1. The minimum Gasteiger partial charge on any atom is -0.467 e. The maximum absolute atomic E-state index is 13.9. The molecule has 2 saturated heterocycles. The number of aromatic nitrogens is 1. The third-order valence-electron chi connectivity index (χ3n) is 6.23. The number of hydrogen-bond donors (Lipinski definition) is 0. The second-order valence-electron chi connectivity index (χ2n) is 8.60. The quantitative estimate of drug-likeness (QED) is 0.569. The number of hydrogen-bond acceptors (Lipinski definition) is 5. The average molecular weight is 472 g/mol. The molecule has 0 bridgehead atoms. The molecule has 2 aliphatic rings. The Labute approximate surface area is 193 Å². The largest absolute Gasteiger partial charge is 0.467 e. The second-order valence-corrected chi connectivity index (χ2v) is 9.59. The predicted octanol–water partition coefficient (Wildman–Crippen LogP) is 4.31. The van der Waals surface area contributed by atoms with Crippen LogP contribution in [0.2, 0.25) is 0 Å². The molecule has 0 aliphatic carbocycles. The van der Waals surface area contributed by atoms with Gasteiger partial charge in [0, 0.05) is 50.7 Å². The van der Waals surface area contributed by atoms with Crippen molar-refractivity contribution in [3.63, 3.8) is 0 Å². The van der Waals surface area contributed by atoms with E-state index < -0.39 is 11.6 Å². The van der Waals surface area contributed by atoms with Gasteiger partial charge in [0.15, 0.2) is 5.82 Å². The lowest BCUT2D eigenvalue weighted by molar-refractivity contribution is -0.137. The van der Waals surface area contributed by atoms with Crippen molar-refractivity contribution in [1.29, 1.82) is 0 Å². The van der Waals surface area contributed by atoms with Gasteiger partial charge >= 0.3 is 0 Å². The summed E-state index contributed by atoms with van der Waals surface area (Å²) < 4.78 is 33.6. The van der Waals surface area contributed by atoms with Crippen LogP contribution in [0.1, 0.15) is 24.8 Å². The SMILES string of the molecule is Cc1ccc(N2CC(C(=O)N3CCC(Oc4nc5c(F)cc(F)cc5s4)CC3)CC2=O)cc1. The van der Waals surface area contributed by atoms with E-state index in [0.717, 1.165) is 28.7 Å². The lowest BCUT2D eigenvalue weighted by Crippen LogP contribution is -2.44. The molecule has 2 aliphatic heterocycles. The number of carbonyl (C=O) groups is 2. The van der Waals surface area contributed by atoms with Gasteiger partial charge in [-0.25, -0.2) is 8.78 Å². The van der Waals surface area contributed by atoms with Crippen molar-refractivity contribution in [1.82, 2.24) is 9.88 Å². The summed E-state index contributed by atoms with van der Waals surface area (Å²) in [7, 11) is 0. The maximum atomic E-state index is 13.9. The van der Waals surface area contributed by atoms with E-state index in [4.69, 9.17) is 4.74 Å². The number of anilines is 1. The summed E-state index contributed by atoms with van der Waals surface area (Å²) in [5, 5.41) is 0.300. The summed E-state index contributed by atoms with van der Waals surface area (Å²) in [5.41, 5.74) is 2.04. The average Bonchev–Trinajstić information content (AvgIpc) is 3.37. The van der Waals surface area contributed by atoms with Crippen LogP contribution in [-0.4, -0.2) is 47.4 Å². The van der Waals surface area contributed by atoms with E-state index in [2.05, 4.69) is 4.98 Å². The molecule has 9 heteroatoms. The standard InChI is InChI=1S/C24H23F2N3O3S/c1-14-2-4-17(5-3-14)29-13-15(10-21(29)30)23(31)28-8-6-18(7-9-28)32-24-27-22-19(26)11-16(25)12-20(22)33-24/h2-5,11-12,15,18H,6-10,13H2,1H3. The molecule has 0 N–H and O–H groups in total. The lowest BCUT2D eigenvalue weighted by atomic mass is 10.0. The monoisotopic (exact) mass is 471 g/mol. The number of benzene rings is 2. The van der Waals surface area contributed by atoms with Gasteiger partial charge in [0.25, 0.3) is 5.19 Å². The Bertz CT molecular complexity index is 1210. The van der Waals surface area contributed by atoms with Crippen LogP contribution in [0.5, 0.6) is 5.19 Å². The topological polar surface area (TPSA) is 62.7 Å². The van der Waals surface area contributed by atoms with Crippen LogP contribution >= 0.6 is 11.3 Å². The van der Waals surface area contributed by atoms with Gasteiger partial charge in [-0.15, -0.1) is 0 Å². The van der Waals surface area contributed by atoms with E-state index in [1.807, 2.05) is 31.2 Å². The summed E-state index contributed by atoms with van der Waals surface area (Å²) in [4.78, 5) is 33.2. The number of likely N-dealkylation sites (tertiary alicyclic amines) is 1. The number of fused-ring (bicyclic) bond motifs is 1. The molecule has 0 saturated carbocycles. The van der Waals surface area contributed by atoms with Crippen molar-refractivity contribution in [2.75, 3.05) is 24.5 Å². The number of carbonyl (C=O) groups excluding carboxylic acids is 2. The Morgan fingerprint density at radius 1 is 1.15 bits per heavy atom. The van der Waals surface area contributed by atoms with Crippen LogP contribution in [0.4, 0.5) is 14.5 Å². The van der Waals surface area contributed by atoms with Gasteiger partial charge in [0.05, 0.1) is 10.6 Å². The minimum absolute atomic E-state index is 0.00561. The fourth-order valence-corrected chi connectivity index (χ4v) is 5.35. The van der Waals surface area contributed by atoms with Gasteiger partial charge in [0.1, 0.15) is 17.4 Å². The molecule has 3 heterocycles. The minimum atomic E-state index is -0.706. The zero-order valence-corrected chi connectivity index (χ0v) is 18.9. The Morgan fingerprint density at radius 2 is 1.88 bits per heavy atom. The van der Waals surface area contributed by atoms with Crippen LogP contribution in [0.3, 0.4) is 0 Å². The number of nitrogens with zero attached hydrogens (tertiary/aromatic N) is 3. The first-order chi connectivity index (χ1) is 15.9. The molecule has 2 aromatic carbocycles. The first-order valence-electron chi connectivity index (χ1n) is 11.0. The Balaban J connectivity index is 1.17. The molecule has 2 amide bonds. The van der Waals surface area contributed by atoms with Crippen LogP contribution in [-0.2, 0) is 9.59 Å². The van der Waals surface area contributed by atoms with E-state index in [9.17, 15) is 18.4 Å². The molecule has 2 fully saturated rings. The predicted molar refractivity (Wildman–Crippen MR) is 121 cm³/mol. The van der Waals surface area contributed by atoms with Gasteiger partial charge in [-0.05, 0) is 25.1 Å². The summed E-state index contributed by atoms with van der Waals surface area (Å²) in [6.45, 7) is 3.42. The van der Waals surface area contributed by atoms with Crippen molar-refractivity contribution >= 4 is 39.1 Å². The third-order valence-corrected chi connectivity index (χ3v) is 7.13. The molecular weight excluding hydrogens is 448 g/mol. The molecule has 0 radical (unpaired) electrons. The smallest absolute Gasteiger partial charge is 0.274 e. The molecule has 6 nitrogen and oxygen atoms in total. The molecule has 0 spiro atoms. The normalized spacial score (nSPS) is 19.5. The van der Waals surface area contributed by atoms with Gasteiger partial charge < -0.3 is 14.5 Å². The third kappa shape index (κ3) is 4.42. The van der Waals surface area contributed by atoms with Gasteiger partial charge in [-0.2, -0.15) is 4.98 Å². The van der Waals surface area contributed by atoms with Crippen molar-refractivity contribution in [2.24, 2.45) is 5.92 Å². The zero-order chi connectivity index (χ0) is 23.1. The van der Waals surface area contributed by atoms with Gasteiger partial charge in [-0.3, -0.25) is 9.59 Å². The number of piperidine rings is 1. The molecule has 1 aromatic heterocycles. The number of rotatable bonds is 4. The lowest BCUT2D eigenvalue weighted by Gasteiger charge is -2.33. The highest BCUT2D eigenvalue weighted by Crippen LogP contribution is 2.32. The highest BCUT2D eigenvalue weighted by atomic mass is 32.1. The van der Waals surface area contributed by atoms with E-state index in [1.54, 1.807) is 9.80 Å². The number of ether oxygens (including phenoxy) is 1. The second kappa shape index (κ2) is 8.70. The molecule has 1 unspecified atom stereocenters. The summed E-state index contributed by atoms with van der Waals surface area (Å²) in [6, 6.07) is 9.78. The first-order valence-corrected chi connectivity index (χ1v) is 11.8. The highest BCUT2D eigenvalue weighted by molar-refractivity contribution is 7.20. The molecule has 33 heavy (non-hydrogen) atoms. The van der Waals surface area contributed by atoms with Crippen molar-refractivity contribution < 1.29 is 23.1 Å². The Morgan fingerprint density at radius 3 is 2.61 bits per heavy atom. The highest BCUT2D eigenvalue weighted by Gasteiger charge is 2.38. The van der Waals surface area contributed by atoms with Crippen LogP contribution in [0, 0.1) is 24.5 Å². The van der Waals surface area contributed by atoms with Crippen molar-refractivity contribution in [3.05, 3.63) is 53.6 Å². The van der Waals surface area contributed by atoms with Gasteiger partial charge in [0.2, 0.25) is 11.8 Å². The molecule has 5 rings (SSSR count). The number of thiazole rings is 1. The van der Waals surface area contributed by atoms with Crippen LogP contribution in [0.15, 0.2) is 36.4 Å². The number of amides is 2. The maximum Gasteiger partial charge on any atom is 0.274 e.